The Morgan fingerprint density at radius 1 is 1.17 bits per heavy atom. The van der Waals surface area contributed by atoms with E-state index in [9.17, 15) is 0 Å². The van der Waals surface area contributed by atoms with E-state index in [1.165, 1.54) is 13.5 Å². The zero-order chi connectivity index (χ0) is 16.8. The van der Waals surface area contributed by atoms with Crippen molar-refractivity contribution in [3.63, 3.8) is 0 Å². The lowest BCUT2D eigenvalue weighted by Gasteiger charge is -2.11. The van der Waals surface area contributed by atoms with Crippen LogP contribution in [0.1, 0.15) is 17.0 Å². The topological polar surface area (TPSA) is 69.7 Å². The van der Waals surface area contributed by atoms with Crippen molar-refractivity contribution in [3.05, 3.63) is 76.9 Å². The van der Waals surface area contributed by atoms with Crippen LogP contribution < -0.4 is 4.74 Å². The molecule has 1 heterocycles. The van der Waals surface area contributed by atoms with Gasteiger partial charge in [0.15, 0.2) is 5.71 Å². The van der Waals surface area contributed by atoms with Crippen LogP contribution >= 0.6 is 11.6 Å². The Labute approximate surface area is 143 Å². The number of halogens is 1. The molecule has 0 aliphatic carbocycles. The molecule has 24 heavy (non-hydrogen) atoms. The summed E-state index contributed by atoms with van der Waals surface area (Å²) in [6, 6.07) is 14.8. The Morgan fingerprint density at radius 2 is 1.96 bits per heavy atom. The number of nitrogens with zero attached hydrogens (tertiary/aromatic N) is 3. The summed E-state index contributed by atoms with van der Waals surface area (Å²) in [5.74, 6) is 1.06. The number of rotatable bonds is 6. The molecule has 0 saturated heterocycles. The predicted octanol–water partition coefficient (Wildman–Crippen LogP) is 3.70. The summed E-state index contributed by atoms with van der Waals surface area (Å²) < 4.78 is 10.6. The molecular formula is C17H14ClN3O3. The van der Waals surface area contributed by atoms with Crippen molar-refractivity contribution in [2.24, 2.45) is 5.16 Å². The summed E-state index contributed by atoms with van der Waals surface area (Å²) in [6.45, 7) is 0.346. The van der Waals surface area contributed by atoms with Crippen LogP contribution in [-0.4, -0.2) is 23.0 Å². The maximum absolute atomic E-state index is 5.88. The first-order chi connectivity index (χ1) is 11.8. The molecule has 0 saturated carbocycles. The van der Waals surface area contributed by atoms with Crippen LogP contribution in [0.15, 0.2) is 64.6 Å². The molecular weight excluding hydrogens is 330 g/mol. The summed E-state index contributed by atoms with van der Waals surface area (Å²) in [6.07, 6.45) is 1.24. The van der Waals surface area contributed by atoms with Gasteiger partial charge in [-0.2, -0.15) is 4.98 Å². The van der Waals surface area contributed by atoms with Crippen molar-refractivity contribution < 1.29 is 14.1 Å². The quantitative estimate of drug-likeness (QED) is 0.504. The molecule has 7 heteroatoms. The standard InChI is InChI=1S/C17H14ClN3O3/c1-22-20-16(17-19-11-24-21-17)15-5-3-2-4-12(15)10-23-14-8-6-13(18)7-9-14/h2-9,11H,10H2,1H3. The average Bonchev–Trinajstić information content (AvgIpc) is 3.14. The number of hydrogen-bond acceptors (Lipinski definition) is 6. The minimum atomic E-state index is 0.343. The third kappa shape index (κ3) is 3.72. The van der Waals surface area contributed by atoms with E-state index in [0.29, 0.717) is 23.2 Å². The van der Waals surface area contributed by atoms with E-state index >= 15 is 0 Å². The number of hydrogen-bond donors (Lipinski definition) is 0. The second-order valence-electron chi connectivity index (χ2n) is 4.78. The Kier molecular flexibility index (Phi) is 5.08. The molecule has 0 N–H and O–H groups in total. The van der Waals surface area contributed by atoms with Crippen molar-refractivity contribution in [3.8, 4) is 5.75 Å². The molecule has 0 aliphatic heterocycles. The summed E-state index contributed by atoms with van der Waals surface area (Å²) in [5, 5.41) is 8.51. The third-order valence-electron chi connectivity index (χ3n) is 3.24. The minimum Gasteiger partial charge on any atom is -0.489 e. The SMILES string of the molecule is CON=C(c1ncon1)c1ccccc1COc1ccc(Cl)cc1. The molecule has 3 aromatic rings. The Morgan fingerprint density at radius 3 is 2.67 bits per heavy atom. The predicted molar refractivity (Wildman–Crippen MR) is 89.2 cm³/mol. The highest BCUT2D eigenvalue weighted by atomic mass is 35.5. The molecule has 2 aromatic carbocycles. The van der Waals surface area contributed by atoms with Gasteiger partial charge in [0.1, 0.15) is 19.5 Å². The smallest absolute Gasteiger partial charge is 0.224 e. The first-order valence-corrected chi connectivity index (χ1v) is 7.50. The van der Waals surface area contributed by atoms with Crippen LogP contribution in [-0.2, 0) is 11.4 Å². The van der Waals surface area contributed by atoms with Crippen LogP contribution in [0.2, 0.25) is 5.02 Å². The second kappa shape index (κ2) is 7.61. The molecule has 0 bridgehead atoms. The normalized spacial score (nSPS) is 11.3. The monoisotopic (exact) mass is 343 g/mol. The van der Waals surface area contributed by atoms with Gasteiger partial charge in [0.2, 0.25) is 12.2 Å². The summed E-state index contributed by atoms with van der Waals surface area (Å²) in [5.41, 5.74) is 2.18. The maximum atomic E-state index is 5.88. The first kappa shape index (κ1) is 16.0. The average molecular weight is 344 g/mol. The second-order valence-corrected chi connectivity index (χ2v) is 5.21. The van der Waals surface area contributed by atoms with Crippen molar-refractivity contribution in [1.82, 2.24) is 10.1 Å². The summed E-state index contributed by atoms with van der Waals surface area (Å²) >= 11 is 5.88. The van der Waals surface area contributed by atoms with Gasteiger partial charge in [0.25, 0.3) is 0 Å². The van der Waals surface area contributed by atoms with Gasteiger partial charge in [-0.05, 0) is 29.8 Å². The largest absolute Gasteiger partial charge is 0.489 e. The van der Waals surface area contributed by atoms with E-state index in [0.717, 1.165) is 16.9 Å². The van der Waals surface area contributed by atoms with E-state index in [1.807, 2.05) is 36.4 Å². The Bertz CT molecular complexity index is 817. The molecule has 6 nitrogen and oxygen atoms in total. The van der Waals surface area contributed by atoms with Gasteiger partial charge in [-0.1, -0.05) is 46.2 Å². The van der Waals surface area contributed by atoms with E-state index in [-0.39, 0.29) is 0 Å². The van der Waals surface area contributed by atoms with Crippen LogP contribution in [0.3, 0.4) is 0 Å². The highest BCUT2D eigenvalue weighted by molar-refractivity contribution is 6.30. The van der Waals surface area contributed by atoms with Crippen LogP contribution in [0.25, 0.3) is 0 Å². The Hall–Kier alpha value is -2.86. The number of ether oxygens (including phenoxy) is 1. The molecule has 122 valence electrons. The van der Waals surface area contributed by atoms with Crippen LogP contribution in [0.4, 0.5) is 0 Å². The van der Waals surface area contributed by atoms with Gasteiger partial charge in [-0.3, -0.25) is 0 Å². The van der Waals surface area contributed by atoms with Crippen molar-refractivity contribution in [1.29, 1.82) is 0 Å². The summed E-state index contributed by atoms with van der Waals surface area (Å²) in [4.78, 5) is 8.96. The maximum Gasteiger partial charge on any atom is 0.224 e. The number of aromatic nitrogens is 2. The minimum absolute atomic E-state index is 0.343. The van der Waals surface area contributed by atoms with Gasteiger partial charge in [0, 0.05) is 10.6 Å². The van der Waals surface area contributed by atoms with Gasteiger partial charge in [-0.15, -0.1) is 0 Å². The van der Waals surface area contributed by atoms with Crippen molar-refractivity contribution in [2.75, 3.05) is 7.11 Å². The van der Waals surface area contributed by atoms with Crippen LogP contribution in [0, 0.1) is 0 Å². The molecule has 0 atom stereocenters. The van der Waals surface area contributed by atoms with Gasteiger partial charge >= 0.3 is 0 Å². The zero-order valence-electron chi connectivity index (χ0n) is 12.8. The molecule has 0 amide bonds. The van der Waals surface area contributed by atoms with E-state index in [4.69, 9.17) is 25.7 Å². The molecule has 1 aromatic heterocycles. The van der Waals surface area contributed by atoms with E-state index in [2.05, 4.69) is 15.3 Å². The van der Waals surface area contributed by atoms with Crippen molar-refractivity contribution in [2.45, 2.75) is 6.61 Å². The van der Waals surface area contributed by atoms with E-state index < -0.39 is 0 Å². The first-order valence-electron chi connectivity index (χ1n) is 7.12. The van der Waals surface area contributed by atoms with Gasteiger partial charge in [-0.25, -0.2) is 0 Å². The van der Waals surface area contributed by atoms with E-state index in [1.54, 1.807) is 12.1 Å². The fraction of sp³-hybridized carbons (Fsp3) is 0.118. The lowest BCUT2D eigenvalue weighted by Crippen LogP contribution is -2.11. The fourth-order valence-electron chi connectivity index (χ4n) is 2.15. The van der Waals surface area contributed by atoms with Gasteiger partial charge in [0.05, 0.1) is 0 Å². The van der Waals surface area contributed by atoms with Gasteiger partial charge < -0.3 is 14.1 Å². The molecule has 0 unspecified atom stereocenters. The molecule has 0 spiro atoms. The molecule has 0 aliphatic rings. The highest BCUT2D eigenvalue weighted by Gasteiger charge is 2.17. The molecule has 0 fully saturated rings. The van der Waals surface area contributed by atoms with Crippen molar-refractivity contribution >= 4 is 17.3 Å². The number of benzene rings is 2. The lowest BCUT2D eigenvalue weighted by molar-refractivity contribution is 0.213. The number of oxime groups is 1. The lowest BCUT2D eigenvalue weighted by atomic mass is 10.0. The Balaban J connectivity index is 1.87. The summed E-state index contributed by atoms with van der Waals surface area (Å²) in [7, 11) is 1.47. The third-order valence-corrected chi connectivity index (χ3v) is 3.49. The molecule has 0 radical (unpaired) electrons. The highest BCUT2D eigenvalue weighted by Crippen LogP contribution is 2.19. The fourth-order valence-corrected chi connectivity index (χ4v) is 2.27. The molecule has 3 rings (SSSR count). The van der Waals surface area contributed by atoms with Crippen LogP contribution in [0.5, 0.6) is 5.75 Å². The zero-order valence-corrected chi connectivity index (χ0v) is 13.6.